The fourth-order valence-corrected chi connectivity index (χ4v) is 1.30. The van der Waals surface area contributed by atoms with Gasteiger partial charge in [-0.2, -0.15) is 5.26 Å². The van der Waals surface area contributed by atoms with E-state index in [1.807, 2.05) is 6.92 Å². The summed E-state index contributed by atoms with van der Waals surface area (Å²) >= 11 is 0. The van der Waals surface area contributed by atoms with E-state index in [4.69, 9.17) is 5.26 Å². The zero-order valence-electron chi connectivity index (χ0n) is 9.60. The van der Waals surface area contributed by atoms with Gasteiger partial charge in [-0.1, -0.05) is 13.3 Å². The molecule has 2 N–H and O–H groups in total. The van der Waals surface area contributed by atoms with Crippen molar-refractivity contribution in [3.8, 4) is 0 Å². The summed E-state index contributed by atoms with van der Waals surface area (Å²) in [7, 11) is 0. The second-order valence-electron chi connectivity index (χ2n) is 3.61. The van der Waals surface area contributed by atoms with Gasteiger partial charge in [0.25, 0.3) is 0 Å². The van der Waals surface area contributed by atoms with Gasteiger partial charge in [-0.05, 0) is 30.7 Å². The monoisotopic (exact) mass is 237 g/mol. The summed E-state index contributed by atoms with van der Waals surface area (Å²) in [4.78, 5) is 25.9. The predicted molar refractivity (Wildman–Crippen MR) is 62.6 cm³/mol. The Morgan fingerprint density at radius 2 is 1.94 bits per heavy atom. The molecule has 92 valence electrons. The molecule has 5 nitrogen and oxygen atoms in total. The van der Waals surface area contributed by atoms with Crippen molar-refractivity contribution in [2.45, 2.75) is 26.2 Å². The molecule has 0 radical (unpaired) electrons. The molecule has 0 aliphatic carbocycles. The van der Waals surface area contributed by atoms with Crippen LogP contribution in [0.4, 0.5) is 5.69 Å². The first-order valence-electron chi connectivity index (χ1n) is 5.43. The number of benzene rings is 1. The van der Waals surface area contributed by atoms with Gasteiger partial charge in [-0.15, -0.1) is 0 Å². The molecule has 1 rings (SSSR count). The number of hydrogen-bond donors (Lipinski definition) is 2. The van der Waals surface area contributed by atoms with Crippen LogP contribution in [-0.2, 0) is 9.68 Å². The van der Waals surface area contributed by atoms with Crippen LogP contribution >= 0.6 is 0 Å². The number of amides is 1. The van der Waals surface area contributed by atoms with Crippen LogP contribution in [0.1, 0.15) is 36.5 Å². The van der Waals surface area contributed by atoms with E-state index < -0.39 is 5.97 Å². The third-order valence-electron chi connectivity index (χ3n) is 2.24. The molecule has 1 aromatic carbocycles. The first-order chi connectivity index (χ1) is 8.17. The zero-order chi connectivity index (χ0) is 12.7. The largest absolute Gasteiger partial charge is 0.372 e. The molecule has 17 heavy (non-hydrogen) atoms. The fourth-order valence-electron chi connectivity index (χ4n) is 1.30. The van der Waals surface area contributed by atoms with Gasteiger partial charge in [-0.25, -0.2) is 4.79 Å². The minimum Gasteiger partial charge on any atom is -0.326 e. The van der Waals surface area contributed by atoms with Gasteiger partial charge in [0, 0.05) is 12.1 Å². The topological polar surface area (TPSA) is 75.6 Å². The smallest absolute Gasteiger partial charge is 0.326 e. The van der Waals surface area contributed by atoms with Crippen molar-refractivity contribution < 1.29 is 19.7 Å². The van der Waals surface area contributed by atoms with Gasteiger partial charge in [0.15, 0.2) is 0 Å². The minimum atomic E-state index is -0.825. The number of nitrogens with one attached hydrogen (secondary N) is 1. The normalized spacial score (nSPS) is 9.76. The first-order valence-corrected chi connectivity index (χ1v) is 5.43. The van der Waals surface area contributed by atoms with Crippen LogP contribution in [0, 0.1) is 0 Å². The molecule has 1 amide bonds. The number of carbonyl (C=O) groups excluding carboxylic acids is 2. The zero-order valence-corrected chi connectivity index (χ0v) is 9.60. The van der Waals surface area contributed by atoms with Crippen LogP contribution in [0.25, 0.3) is 0 Å². The number of hydrogen-bond acceptors (Lipinski definition) is 4. The van der Waals surface area contributed by atoms with E-state index in [1.54, 1.807) is 12.1 Å². The quantitative estimate of drug-likeness (QED) is 0.609. The first kappa shape index (κ1) is 13.2. The van der Waals surface area contributed by atoms with Crippen LogP contribution in [0.15, 0.2) is 24.3 Å². The summed E-state index contributed by atoms with van der Waals surface area (Å²) < 4.78 is 0. The van der Waals surface area contributed by atoms with E-state index in [1.165, 1.54) is 12.1 Å². The van der Waals surface area contributed by atoms with Crippen molar-refractivity contribution in [2.75, 3.05) is 5.32 Å². The lowest BCUT2D eigenvalue weighted by Crippen LogP contribution is -2.11. The molecule has 0 spiro atoms. The van der Waals surface area contributed by atoms with E-state index in [0.717, 1.165) is 12.8 Å². The van der Waals surface area contributed by atoms with Gasteiger partial charge in [0.1, 0.15) is 0 Å². The Hall–Kier alpha value is -1.88. The van der Waals surface area contributed by atoms with E-state index in [0.29, 0.717) is 12.1 Å². The Morgan fingerprint density at radius 3 is 2.47 bits per heavy atom. The molecule has 0 bridgehead atoms. The van der Waals surface area contributed by atoms with E-state index in [9.17, 15) is 9.59 Å². The second-order valence-corrected chi connectivity index (χ2v) is 3.61. The van der Waals surface area contributed by atoms with Crippen molar-refractivity contribution in [3.05, 3.63) is 29.8 Å². The molecule has 0 atom stereocenters. The molecule has 0 heterocycles. The van der Waals surface area contributed by atoms with Crippen LogP contribution in [0.5, 0.6) is 0 Å². The molecule has 0 aromatic heterocycles. The molecular weight excluding hydrogens is 222 g/mol. The Balaban J connectivity index is 2.56. The van der Waals surface area contributed by atoms with Gasteiger partial charge in [0.2, 0.25) is 5.91 Å². The average molecular weight is 237 g/mol. The molecule has 0 aliphatic heterocycles. The molecule has 0 saturated heterocycles. The van der Waals surface area contributed by atoms with Crippen molar-refractivity contribution >= 4 is 17.6 Å². The maximum absolute atomic E-state index is 11.4. The van der Waals surface area contributed by atoms with Crippen LogP contribution in [0.3, 0.4) is 0 Å². The van der Waals surface area contributed by atoms with E-state index >= 15 is 0 Å². The minimum absolute atomic E-state index is 0.0515. The molecular formula is C12H15NO4. The third kappa shape index (κ3) is 4.24. The maximum Gasteiger partial charge on any atom is 0.372 e. The van der Waals surface area contributed by atoms with Gasteiger partial charge >= 0.3 is 5.97 Å². The van der Waals surface area contributed by atoms with Crippen molar-refractivity contribution in [3.63, 3.8) is 0 Å². The van der Waals surface area contributed by atoms with Gasteiger partial charge in [0.05, 0.1) is 5.56 Å². The molecule has 0 unspecified atom stereocenters. The lowest BCUT2D eigenvalue weighted by Gasteiger charge is -2.05. The summed E-state index contributed by atoms with van der Waals surface area (Å²) in [6.45, 7) is 2.02. The number of rotatable bonds is 5. The van der Waals surface area contributed by atoms with E-state index in [2.05, 4.69) is 10.2 Å². The Labute approximate surface area is 99.3 Å². The molecule has 0 saturated carbocycles. The van der Waals surface area contributed by atoms with E-state index in [-0.39, 0.29) is 11.5 Å². The maximum atomic E-state index is 11.4. The Kier molecular flexibility index (Phi) is 5.16. The highest BCUT2D eigenvalue weighted by atomic mass is 17.1. The number of unbranched alkanes of at least 4 members (excludes halogenated alkanes) is 1. The highest BCUT2D eigenvalue weighted by molar-refractivity contribution is 5.92. The Bertz CT molecular complexity index is 386. The summed E-state index contributed by atoms with van der Waals surface area (Å²) in [5.74, 6) is -0.877. The molecule has 0 aliphatic rings. The van der Waals surface area contributed by atoms with Crippen LogP contribution in [-0.4, -0.2) is 17.1 Å². The Morgan fingerprint density at radius 1 is 1.29 bits per heavy atom. The van der Waals surface area contributed by atoms with Gasteiger partial charge < -0.3 is 5.32 Å². The standard InChI is InChI=1S/C12H15NO4/c1-2-3-4-11(14)13-10-7-5-9(6-8-10)12(15)17-16/h5-8,16H,2-4H2,1H3,(H,13,14). The SMILES string of the molecule is CCCCC(=O)Nc1ccc(C(=O)OO)cc1. The molecule has 0 fully saturated rings. The van der Waals surface area contributed by atoms with Crippen LogP contribution < -0.4 is 5.32 Å². The summed E-state index contributed by atoms with van der Waals surface area (Å²) in [5, 5.41) is 10.9. The average Bonchev–Trinajstić information content (AvgIpc) is 2.36. The van der Waals surface area contributed by atoms with Crippen molar-refractivity contribution in [1.82, 2.24) is 0 Å². The van der Waals surface area contributed by atoms with Crippen LogP contribution in [0.2, 0.25) is 0 Å². The number of anilines is 1. The third-order valence-corrected chi connectivity index (χ3v) is 2.24. The summed E-state index contributed by atoms with van der Waals surface area (Å²) in [6.07, 6.45) is 2.30. The predicted octanol–water partition coefficient (Wildman–Crippen LogP) is 2.45. The lowest BCUT2D eigenvalue weighted by atomic mass is 10.2. The van der Waals surface area contributed by atoms with Crippen molar-refractivity contribution in [1.29, 1.82) is 0 Å². The second kappa shape index (κ2) is 6.65. The lowest BCUT2D eigenvalue weighted by molar-refractivity contribution is -0.182. The summed E-state index contributed by atoms with van der Waals surface area (Å²) in [5.41, 5.74) is 0.833. The molecule has 5 heteroatoms. The summed E-state index contributed by atoms with van der Waals surface area (Å²) in [6, 6.07) is 6.09. The van der Waals surface area contributed by atoms with Gasteiger partial charge in [-0.3, -0.25) is 9.68 Å². The molecule has 1 aromatic rings. The fraction of sp³-hybridized carbons (Fsp3) is 0.333. The van der Waals surface area contributed by atoms with Crippen molar-refractivity contribution in [2.24, 2.45) is 0 Å². The highest BCUT2D eigenvalue weighted by Gasteiger charge is 2.07. The highest BCUT2D eigenvalue weighted by Crippen LogP contribution is 2.11. The number of carbonyl (C=O) groups is 2.